The van der Waals surface area contributed by atoms with Crippen molar-refractivity contribution in [3.05, 3.63) is 172 Å². The quantitative estimate of drug-likeness (QED) is 0.174. The SMILES string of the molecule is CC(C)c1ccnc2c(C(C)(C)Cc3cc(C(C)(C)C)cc4c3-c3ccc(C(C)(C)C)cc3C4(c3ccccc3)c3ccccc3)cccc12. The minimum atomic E-state index is -0.457. The fraction of sp³-hybridized carbons (Fsp3) is 0.327. The molecule has 0 bridgehead atoms. The van der Waals surface area contributed by atoms with Crippen molar-refractivity contribution in [3.8, 4) is 11.1 Å². The predicted molar refractivity (Wildman–Crippen MR) is 214 cm³/mol. The highest BCUT2D eigenvalue weighted by Crippen LogP contribution is 2.59. The topological polar surface area (TPSA) is 12.9 Å². The summed E-state index contributed by atoms with van der Waals surface area (Å²) >= 11 is 0. The summed E-state index contributed by atoms with van der Waals surface area (Å²) in [6, 6.07) is 43.9. The zero-order valence-corrected chi connectivity index (χ0v) is 31.8. The second kappa shape index (κ2) is 12.1. The highest BCUT2D eigenvalue weighted by atomic mass is 14.7. The minimum Gasteiger partial charge on any atom is -0.256 e. The van der Waals surface area contributed by atoms with E-state index in [4.69, 9.17) is 4.98 Å². The van der Waals surface area contributed by atoms with Gasteiger partial charge in [-0.3, -0.25) is 4.98 Å². The molecule has 254 valence electrons. The Hall–Kier alpha value is -4.49. The smallest absolute Gasteiger partial charge is 0.0742 e. The Balaban J connectivity index is 1.57. The van der Waals surface area contributed by atoms with Crippen molar-refractivity contribution in [2.24, 2.45) is 0 Å². The van der Waals surface area contributed by atoms with Crippen LogP contribution in [0.4, 0.5) is 0 Å². The maximum Gasteiger partial charge on any atom is 0.0742 e. The van der Waals surface area contributed by atoms with E-state index in [-0.39, 0.29) is 16.2 Å². The molecule has 5 aromatic carbocycles. The molecule has 7 rings (SSSR count). The van der Waals surface area contributed by atoms with Gasteiger partial charge in [0, 0.05) is 11.6 Å². The summed E-state index contributed by atoms with van der Waals surface area (Å²) in [5.74, 6) is 0.434. The summed E-state index contributed by atoms with van der Waals surface area (Å²) in [5, 5.41) is 1.27. The van der Waals surface area contributed by atoms with E-state index in [2.05, 4.69) is 184 Å². The summed E-state index contributed by atoms with van der Waals surface area (Å²) in [5.41, 5.74) is 15.4. The Kier molecular flexibility index (Phi) is 8.21. The van der Waals surface area contributed by atoms with Gasteiger partial charge in [0.2, 0.25) is 0 Å². The zero-order valence-electron chi connectivity index (χ0n) is 31.8. The van der Waals surface area contributed by atoms with Crippen LogP contribution < -0.4 is 0 Å². The summed E-state index contributed by atoms with van der Waals surface area (Å²) in [6.45, 7) is 23.5. The van der Waals surface area contributed by atoms with Crippen LogP contribution in [0.3, 0.4) is 0 Å². The van der Waals surface area contributed by atoms with Crippen LogP contribution >= 0.6 is 0 Å². The Bertz CT molecular complexity index is 2150. The van der Waals surface area contributed by atoms with Crippen LogP contribution in [0.5, 0.6) is 0 Å². The molecule has 1 aliphatic carbocycles. The summed E-state index contributed by atoms with van der Waals surface area (Å²) in [4.78, 5) is 5.03. The fourth-order valence-corrected chi connectivity index (χ4v) is 8.56. The van der Waals surface area contributed by atoms with E-state index in [1.165, 1.54) is 66.6 Å². The molecule has 0 atom stereocenters. The molecule has 50 heavy (non-hydrogen) atoms. The van der Waals surface area contributed by atoms with E-state index in [0.29, 0.717) is 5.92 Å². The minimum absolute atomic E-state index is 0.0144. The molecule has 1 nitrogen and oxygen atoms in total. The fourth-order valence-electron chi connectivity index (χ4n) is 8.56. The molecule has 0 radical (unpaired) electrons. The van der Waals surface area contributed by atoms with Gasteiger partial charge in [0.15, 0.2) is 0 Å². The lowest BCUT2D eigenvalue weighted by Gasteiger charge is -2.36. The van der Waals surface area contributed by atoms with Crippen LogP contribution in [-0.4, -0.2) is 4.98 Å². The molecular weight excluding hydrogens is 603 g/mol. The van der Waals surface area contributed by atoms with E-state index in [0.717, 1.165) is 11.9 Å². The van der Waals surface area contributed by atoms with E-state index < -0.39 is 5.41 Å². The molecule has 1 heterocycles. The highest BCUT2D eigenvalue weighted by molar-refractivity contribution is 5.90. The van der Waals surface area contributed by atoms with Gasteiger partial charge < -0.3 is 0 Å². The van der Waals surface area contributed by atoms with Crippen LogP contribution in [-0.2, 0) is 28.1 Å². The number of hydrogen-bond donors (Lipinski definition) is 0. The lowest BCUT2D eigenvalue weighted by molar-refractivity contribution is 0.523. The van der Waals surface area contributed by atoms with Crippen LogP contribution in [0.15, 0.2) is 121 Å². The predicted octanol–water partition coefficient (Wildman–Crippen LogP) is 12.8. The van der Waals surface area contributed by atoms with Crippen molar-refractivity contribution in [1.82, 2.24) is 4.98 Å². The maximum atomic E-state index is 5.03. The summed E-state index contributed by atoms with van der Waals surface area (Å²) in [7, 11) is 0. The Morgan fingerprint density at radius 3 is 1.78 bits per heavy atom. The number of aromatic nitrogens is 1. The number of fused-ring (bicyclic) bond motifs is 4. The lowest BCUT2D eigenvalue weighted by Crippen LogP contribution is -2.30. The molecule has 0 aliphatic heterocycles. The van der Waals surface area contributed by atoms with Gasteiger partial charge in [0.05, 0.1) is 10.9 Å². The van der Waals surface area contributed by atoms with E-state index in [9.17, 15) is 0 Å². The second-order valence-electron chi connectivity index (χ2n) is 17.6. The third kappa shape index (κ3) is 5.51. The second-order valence-corrected chi connectivity index (χ2v) is 17.6. The van der Waals surface area contributed by atoms with Gasteiger partial charge in [0.1, 0.15) is 0 Å². The zero-order chi connectivity index (χ0) is 35.6. The molecule has 1 aromatic heterocycles. The number of hydrogen-bond acceptors (Lipinski definition) is 1. The van der Waals surface area contributed by atoms with Gasteiger partial charge in [-0.2, -0.15) is 0 Å². The molecule has 6 aromatic rings. The van der Waals surface area contributed by atoms with Gasteiger partial charge in [-0.1, -0.05) is 178 Å². The molecule has 0 saturated heterocycles. The number of rotatable bonds is 6. The number of pyridine rings is 1. The molecule has 0 spiro atoms. The average Bonchev–Trinajstić information content (AvgIpc) is 3.38. The number of para-hydroxylation sites is 1. The normalized spacial score (nSPS) is 14.2. The Labute approximate surface area is 300 Å². The van der Waals surface area contributed by atoms with Crippen LogP contribution in [0, 0.1) is 0 Å². The standard InChI is InChI=1S/C49H53N/c1-32(2)38-26-27-50-45-39(38)22-17-23-41(45)48(9,10)31-33-28-37(47(6,7)8)30-43-44(33)40-25-24-36(46(3,4)5)29-42(40)49(43,34-18-13-11-14-19-34)35-20-15-12-16-21-35/h11-30,32H,31H2,1-10H3. The van der Waals surface area contributed by atoms with E-state index in [1.807, 2.05) is 6.20 Å². The van der Waals surface area contributed by atoms with Crippen molar-refractivity contribution in [2.45, 2.75) is 103 Å². The van der Waals surface area contributed by atoms with Crippen LogP contribution in [0.25, 0.3) is 22.0 Å². The number of nitrogens with zero attached hydrogens (tertiary/aromatic N) is 1. The third-order valence-electron chi connectivity index (χ3n) is 11.3. The first-order valence-corrected chi connectivity index (χ1v) is 18.5. The van der Waals surface area contributed by atoms with Gasteiger partial charge in [0.25, 0.3) is 0 Å². The molecule has 0 unspecified atom stereocenters. The summed E-state index contributed by atoms with van der Waals surface area (Å²) < 4.78 is 0. The van der Waals surface area contributed by atoms with E-state index in [1.54, 1.807) is 0 Å². The van der Waals surface area contributed by atoms with Crippen molar-refractivity contribution >= 4 is 10.9 Å². The maximum absolute atomic E-state index is 5.03. The largest absolute Gasteiger partial charge is 0.256 e. The lowest BCUT2D eigenvalue weighted by atomic mass is 9.66. The van der Waals surface area contributed by atoms with Gasteiger partial charge >= 0.3 is 0 Å². The van der Waals surface area contributed by atoms with Gasteiger partial charge in [-0.05, 0) is 95.8 Å². The Morgan fingerprint density at radius 1 is 0.600 bits per heavy atom. The van der Waals surface area contributed by atoms with Gasteiger partial charge in [-0.15, -0.1) is 0 Å². The first-order chi connectivity index (χ1) is 23.6. The van der Waals surface area contributed by atoms with Crippen molar-refractivity contribution in [1.29, 1.82) is 0 Å². The highest BCUT2D eigenvalue weighted by Gasteiger charge is 2.48. The molecule has 0 saturated carbocycles. The summed E-state index contributed by atoms with van der Waals surface area (Å²) in [6.07, 6.45) is 2.90. The monoisotopic (exact) mass is 655 g/mol. The molecule has 1 heteroatoms. The third-order valence-corrected chi connectivity index (χ3v) is 11.3. The van der Waals surface area contributed by atoms with Crippen LogP contribution in [0.1, 0.15) is 125 Å². The van der Waals surface area contributed by atoms with E-state index >= 15 is 0 Å². The molecule has 0 fully saturated rings. The first kappa shape index (κ1) is 34.0. The first-order valence-electron chi connectivity index (χ1n) is 18.5. The van der Waals surface area contributed by atoms with Crippen molar-refractivity contribution in [3.63, 3.8) is 0 Å². The molecule has 1 aliphatic rings. The molecule has 0 amide bonds. The Morgan fingerprint density at radius 2 is 1.20 bits per heavy atom. The van der Waals surface area contributed by atoms with Crippen LogP contribution in [0.2, 0.25) is 0 Å². The van der Waals surface area contributed by atoms with Gasteiger partial charge in [-0.25, -0.2) is 0 Å². The molecule has 0 N–H and O–H groups in total. The number of benzene rings is 5. The van der Waals surface area contributed by atoms with Crippen molar-refractivity contribution in [2.75, 3.05) is 0 Å². The molecular formula is C49H53N. The average molecular weight is 656 g/mol. The van der Waals surface area contributed by atoms with Crippen molar-refractivity contribution < 1.29 is 0 Å².